The number of fused-ring (bicyclic) bond motifs is 1. The van der Waals surface area contributed by atoms with Crippen molar-refractivity contribution in [3.63, 3.8) is 0 Å². The molecule has 0 saturated carbocycles. The van der Waals surface area contributed by atoms with E-state index in [1.165, 1.54) is 7.11 Å². The van der Waals surface area contributed by atoms with E-state index in [-0.39, 0.29) is 24.0 Å². The van der Waals surface area contributed by atoms with Crippen molar-refractivity contribution in [3.8, 4) is 28.4 Å². The largest absolute Gasteiger partial charge is 0.504 e. The summed E-state index contributed by atoms with van der Waals surface area (Å²) in [5.41, 5.74) is 5.65. The highest BCUT2D eigenvalue weighted by molar-refractivity contribution is 5.96. The van der Waals surface area contributed by atoms with Crippen LogP contribution in [0.25, 0.3) is 16.9 Å². The molecule has 1 atom stereocenters. The van der Waals surface area contributed by atoms with Gasteiger partial charge in [0, 0.05) is 23.5 Å². The lowest BCUT2D eigenvalue weighted by Gasteiger charge is -2.25. The predicted molar refractivity (Wildman–Crippen MR) is 123 cm³/mol. The van der Waals surface area contributed by atoms with Crippen molar-refractivity contribution < 1.29 is 14.6 Å². The van der Waals surface area contributed by atoms with Crippen molar-refractivity contribution in [1.29, 1.82) is 0 Å². The molecule has 0 unspecified atom stereocenters. The Hall–Kier alpha value is -4.06. The van der Waals surface area contributed by atoms with Gasteiger partial charge in [-0.1, -0.05) is 54.1 Å². The van der Waals surface area contributed by atoms with E-state index in [0.717, 1.165) is 33.6 Å². The van der Waals surface area contributed by atoms with Crippen molar-refractivity contribution >= 4 is 11.7 Å². The summed E-state index contributed by atoms with van der Waals surface area (Å²) >= 11 is 0. The number of aryl methyl sites for hydroxylation is 1. The highest BCUT2D eigenvalue weighted by Crippen LogP contribution is 2.45. The van der Waals surface area contributed by atoms with E-state index < -0.39 is 0 Å². The molecule has 0 spiro atoms. The van der Waals surface area contributed by atoms with Gasteiger partial charge < -0.3 is 15.2 Å². The van der Waals surface area contributed by atoms with Crippen molar-refractivity contribution in [2.24, 2.45) is 0 Å². The quantitative estimate of drug-likeness (QED) is 0.480. The van der Waals surface area contributed by atoms with E-state index in [0.29, 0.717) is 11.6 Å². The smallest absolute Gasteiger partial charge is 0.226 e. The van der Waals surface area contributed by atoms with Crippen LogP contribution in [-0.2, 0) is 4.79 Å². The van der Waals surface area contributed by atoms with Crippen molar-refractivity contribution in [2.45, 2.75) is 19.3 Å². The number of benzene rings is 3. The minimum absolute atomic E-state index is 0.0652. The van der Waals surface area contributed by atoms with Crippen LogP contribution in [0.2, 0.25) is 0 Å². The second kappa shape index (κ2) is 7.89. The molecular formula is C26H23N3O3. The average molecular weight is 425 g/mol. The third-order valence-electron chi connectivity index (χ3n) is 5.85. The normalized spacial score (nSPS) is 15.2. The molecule has 0 radical (unpaired) electrons. The fourth-order valence-electron chi connectivity index (χ4n) is 4.23. The Morgan fingerprint density at radius 2 is 1.81 bits per heavy atom. The number of nitrogens with zero attached hydrogens (tertiary/aromatic N) is 2. The zero-order chi connectivity index (χ0) is 22.2. The maximum absolute atomic E-state index is 12.8. The molecule has 160 valence electrons. The van der Waals surface area contributed by atoms with Crippen molar-refractivity contribution in [3.05, 3.63) is 89.5 Å². The lowest BCUT2D eigenvalue weighted by atomic mass is 9.84. The van der Waals surface area contributed by atoms with Crippen LogP contribution in [-0.4, -0.2) is 27.9 Å². The molecule has 32 heavy (non-hydrogen) atoms. The van der Waals surface area contributed by atoms with Gasteiger partial charge in [0.1, 0.15) is 5.82 Å². The van der Waals surface area contributed by atoms with Gasteiger partial charge in [0.05, 0.1) is 18.5 Å². The lowest BCUT2D eigenvalue weighted by molar-refractivity contribution is -0.116. The Bertz CT molecular complexity index is 1290. The molecule has 1 aliphatic heterocycles. The number of rotatable bonds is 4. The van der Waals surface area contributed by atoms with E-state index in [2.05, 4.69) is 5.32 Å². The summed E-state index contributed by atoms with van der Waals surface area (Å²) in [6.07, 6.45) is 0.278. The summed E-state index contributed by atoms with van der Waals surface area (Å²) in [7, 11) is 1.52. The number of carbonyl (C=O) groups excluding carboxylic acids is 1. The first-order valence-corrected chi connectivity index (χ1v) is 10.5. The minimum Gasteiger partial charge on any atom is -0.504 e. The molecule has 1 amide bonds. The highest BCUT2D eigenvalue weighted by Gasteiger charge is 2.34. The van der Waals surface area contributed by atoms with Gasteiger partial charge in [-0.25, -0.2) is 4.68 Å². The third kappa shape index (κ3) is 3.39. The second-order valence-corrected chi connectivity index (χ2v) is 7.96. The molecule has 6 nitrogen and oxygen atoms in total. The van der Waals surface area contributed by atoms with Gasteiger partial charge in [-0.2, -0.15) is 5.10 Å². The fraction of sp³-hybridized carbons (Fsp3) is 0.154. The number of aromatic hydroxyl groups is 1. The number of aromatic nitrogens is 2. The Morgan fingerprint density at radius 1 is 1.06 bits per heavy atom. The summed E-state index contributed by atoms with van der Waals surface area (Å²) in [6.45, 7) is 2.04. The molecule has 1 aromatic heterocycles. The van der Waals surface area contributed by atoms with Crippen LogP contribution < -0.4 is 10.1 Å². The van der Waals surface area contributed by atoms with E-state index >= 15 is 0 Å². The topological polar surface area (TPSA) is 76.4 Å². The molecule has 2 heterocycles. The second-order valence-electron chi connectivity index (χ2n) is 7.96. The van der Waals surface area contributed by atoms with E-state index in [1.807, 2.05) is 67.6 Å². The van der Waals surface area contributed by atoms with Gasteiger partial charge in [-0.05, 0) is 36.8 Å². The maximum atomic E-state index is 12.8. The molecule has 0 fully saturated rings. The van der Waals surface area contributed by atoms with Gasteiger partial charge in [-0.3, -0.25) is 4.79 Å². The molecule has 2 N–H and O–H groups in total. The molecule has 3 aromatic carbocycles. The van der Waals surface area contributed by atoms with Crippen LogP contribution in [0.3, 0.4) is 0 Å². The number of phenolic OH excluding ortho intramolecular Hbond substituents is 1. The number of hydrogen-bond donors (Lipinski definition) is 2. The van der Waals surface area contributed by atoms with Crippen LogP contribution in [0.5, 0.6) is 11.5 Å². The Morgan fingerprint density at radius 3 is 2.53 bits per heavy atom. The molecule has 0 aliphatic carbocycles. The van der Waals surface area contributed by atoms with Gasteiger partial charge >= 0.3 is 0 Å². The van der Waals surface area contributed by atoms with Gasteiger partial charge in [0.15, 0.2) is 11.5 Å². The first-order valence-electron chi connectivity index (χ1n) is 10.5. The zero-order valence-electron chi connectivity index (χ0n) is 17.9. The number of carbonyl (C=O) groups is 1. The van der Waals surface area contributed by atoms with Crippen LogP contribution in [0.4, 0.5) is 5.82 Å². The zero-order valence-corrected chi connectivity index (χ0v) is 17.9. The summed E-state index contributed by atoms with van der Waals surface area (Å²) in [4.78, 5) is 12.8. The fourth-order valence-corrected chi connectivity index (χ4v) is 4.23. The summed E-state index contributed by atoms with van der Waals surface area (Å²) in [5, 5.41) is 18.1. The molecule has 4 aromatic rings. The number of phenols is 1. The van der Waals surface area contributed by atoms with Gasteiger partial charge in [-0.15, -0.1) is 0 Å². The summed E-state index contributed by atoms with van der Waals surface area (Å²) in [6, 6.07) is 23.2. The first-order chi connectivity index (χ1) is 15.5. The summed E-state index contributed by atoms with van der Waals surface area (Å²) in [5.74, 6) is 0.795. The number of nitrogens with one attached hydrogen (secondary N) is 1. The Kier molecular flexibility index (Phi) is 4.90. The maximum Gasteiger partial charge on any atom is 0.226 e. The van der Waals surface area contributed by atoms with E-state index in [9.17, 15) is 9.90 Å². The SMILES string of the molecule is COc1cc([C@@H]2CC(=O)Nc3c2c(-c2ccccc2)nn3-c2ccc(C)cc2)ccc1O. The first kappa shape index (κ1) is 19.9. The van der Waals surface area contributed by atoms with Crippen LogP contribution in [0.1, 0.15) is 29.0 Å². The molecule has 5 rings (SSSR count). The molecule has 0 bridgehead atoms. The molecular weight excluding hydrogens is 402 g/mol. The average Bonchev–Trinajstić information content (AvgIpc) is 3.19. The highest BCUT2D eigenvalue weighted by atomic mass is 16.5. The van der Waals surface area contributed by atoms with Crippen LogP contribution >= 0.6 is 0 Å². The van der Waals surface area contributed by atoms with Gasteiger partial charge in [0.2, 0.25) is 5.91 Å². The number of hydrogen-bond acceptors (Lipinski definition) is 4. The van der Waals surface area contributed by atoms with Crippen LogP contribution in [0, 0.1) is 6.92 Å². The molecule has 0 saturated heterocycles. The number of anilines is 1. The van der Waals surface area contributed by atoms with Crippen LogP contribution in [0.15, 0.2) is 72.8 Å². The van der Waals surface area contributed by atoms with E-state index in [4.69, 9.17) is 9.84 Å². The Labute approximate surface area is 186 Å². The molecule has 1 aliphatic rings. The number of ether oxygens (including phenoxy) is 1. The van der Waals surface area contributed by atoms with E-state index in [1.54, 1.807) is 16.8 Å². The molecule has 6 heteroatoms. The van der Waals surface area contributed by atoms with Gasteiger partial charge in [0.25, 0.3) is 0 Å². The minimum atomic E-state index is -0.234. The number of amides is 1. The predicted octanol–water partition coefficient (Wildman–Crippen LogP) is 5.04. The monoisotopic (exact) mass is 425 g/mol. The van der Waals surface area contributed by atoms with Crippen molar-refractivity contribution in [1.82, 2.24) is 9.78 Å². The summed E-state index contributed by atoms with van der Waals surface area (Å²) < 4.78 is 7.12. The third-order valence-corrected chi connectivity index (χ3v) is 5.85. The Balaban J connectivity index is 1.75. The number of methoxy groups -OCH3 is 1. The van der Waals surface area contributed by atoms with Crippen molar-refractivity contribution in [2.75, 3.05) is 12.4 Å². The lowest BCUT2D eigenvalue weighted by Crippen LogP contribution is -2.24. The standard InChI is InChI=1S/C26H23N3O3/c1-16-8-11-19(12-9-16)29-26-24(25(28-29)17-6-4-3-5-7-17)20(15-23(31)27-26)18-10-13-21(30)22(14-18)32-2/h3-14,20,30H,15H2,1-2H3,(H,27,31)/t20-/m0/s1.